The number of hydrogen-bond donors (Lipinski definition) is 1. The van der Waals surface area contributed by atoms with E-state index in [1.54, 1.807) is 45.5 Å². The second kappa shape index (κ2) is 11.5. The van der Waals surface area contributed by atoms with Gasteiger partial charge in [-0.1, -0.05) is 30.3 Å². The maximum atomic E-state index is 12.9. The van der Waals surface area contributed by atoms with E-state index in [2.05, 4.69) is 44.0 Å². The molecule has 2 N–H and O–H groups in total. The van der Waals surface area contributed by atoms with Crippen LogP contribution in [0.15, 0.2) is 60.8 Å². The number of fused-ring (bicyclic) bond motifs is 1. The van der Waals surface area contributed by atoms with Gasteiger partial charge in [0, 0.05) is 63.8 Å². The largest absolute Gasteiger partial charge is 0.493 e. The summed E-state index contributed by atoms with van der Waals surface area (Å²) in [5.41, 5.74) is 8.81. The second-order valence-electron chi connectivity index (χ2n) is 10.7. The summed E-state index contributed by atoms with van der Waals surface area (Å²) < 4.78 is 10.9. The van der Waals surface area contributed by atoms with E-state index in [-0.39, 0.29) is 11.3 Å². The minimum Gasteiger partial charge on any atom is -0.493 e. The van der Waals surface area contributed by atoms with Crippen LogP contribution in [0.25, 0.3) is 10.9 Å². The van der Waals surface area contributed by atoms with Crippen molar-refractivity contribution in [2.24, 2.45) is 0 Å². The van der Waals surface area contributed by atoms with Crippen LogP contribution in [0.3, 0.4) is 0 Å². The third-order valence-electron chi connectivity index (χ3n) is 7.93. The fourth-order valence-corrected chi connectivity index (χ4v) is 5.70. The molecule has 1 aliphatic heterocycles. The van der Waals surface area contributed by atoms with Crippen molar-refractivity contribution in [1.82, 2.24) is 19.9 Å². The fraction of sp³-hybridized carbons (Fsp3) is 0.355. The number of aromatic nitrogens is 3. The molecule has 214 valence electrons. The van der Waals surface area contributed by atoms with E-state index in [9.17, 15) is 4.79 Å². The summed E-state index contributed by atoms with van der Waals surface area (Å²) in [5, 5.41) is 0.712. The SMILES string of the molecule is COc1cc2nc(N(C)CC3(c4ccccc4)CCN(c4ncccc4C(=O)N(C)C)CC3)nc(N)c2cc1OC. The molecule has 0 atom stereocenters. The van der Waals surface area contributed by atoms with E-state index >= 15 is 0 Å². The lowest BCUT2D eigenvalue weighted by Gasteiger charge is -2.45. The number of methoxy groups -OCH3 is 2. The van der Waals surface area contributed by atoms with Gasteiger partial charge in [-0.2, -0.15) is 4.98 Å². The van der Waals surface area contributed by atoms with E-state index in [0.29, 0.717) is 46.3 Å². The molecule has 1 fully saturated rings. The molecule has 0 spiro atoms. The first-order chi connectivity index (χ1) is 19.8. The molecule has 10 heteroatoms. The van der Waals surface area contributed by atoms with Gasteiger partial charge < -0.3 is 29.9 Å². The van der Waals surface area contributed by atoms with E-state index in [0.717, 1.165) is 31.7 Å². The van der Waals surface area contributed by atoms with E-state index in [1.165, 1.54) is 5.56 Å². The number of nitrogens with zero attached hydrogens (tertiary/aromatic N) is 6. The Bertz CT molecular complexity index is 1540. The highest BCUT2D eigenvalue weighted by molar-refractivity contribution is 5.98. The average molecular weight is 556 g/mol. The predicted molar refractivity (Wildman–Crippen MR) is 162 cm³/mol. The van der Waals surface area contributed by atoms with Crippen LogP contribution in [0.5, 0.6) is 11.5 Å². The molecule has 0 radical (unpaired) electrons. The molecule has 0 unspecified atom stereocenters. The molecular formula is C31H37N7O3. The topological polar surface area (TPSA) is 110 Å². The number of likely N-dealkylation sites (N-methyl/N-ethyl adjacent to an activating group) is 1. The molecule has 0 saturated carbocycles. The van der Waals surface area contributed by atoms with Gasteiger partial charge in [-0.05, 0) is 36.6 Å². The van der Waals surface area contributed by atoms with Crippen LogP contribution in [0, 0.1) is 0 Å². The van der Waals surface area contributed by atoms with Crippen LogP contribution in [0.2, 0.25) is 0 Å². The average Bonchev–Trinajstić information content (AvgIpc) is 3.00. The van der Waals surface area contributed by atoms with Crippen LogP contribution in [0.4, 0.5) is 17.6 Å². The van der Waals surface area contributed by atoms with Gasteiger partial charge in [-0.3, -0.25) is 4.79 Å². The summed E-state index contributed by atoms with van der Waals surface area (Å²) >= 11 is 0. The number of anilines is 3. The van der Waals surface area contributed by atoms with Gasteiger partial charge in [0.1, 0.15) is 11.6 Å². The normalized spacial score (nSPS) is 14.5. The molecule has 3 heterocycles. The number of carbonyl (C=O) groups is 1. The minimum absolute atomic E-state index is 0.0481. The van der Waals surface area contributed by atoms with Crippen LogP contribution >= 0.6 is 0 Å². The molecule has 1 saturated heterocycles. The number of ether oxygens (including phenoxy) is 2. The van der Waals surface area contributed by atoms with Crippen molar-refractivity contribution in [1.29, 1.82) is 0 Å². The highest BCUT2D eigenvalue weighted by Gasteiger charge is 2.39. The van der Waals surface area contributed by atoms with E-state index < -0.39 is 0 Å². The summed E-state index contributed by atoms with van der Waals surface area (Å²) in [6.45, 7) is 2.20. The molecule has 2 aromatic carbocycles. The van der Waals surface area contributed by atoms with Gasteiger partial charge in [-0.25, -0.2) is 9.97 Å². The highest BCUT2D eigenvalue weighted by atomic mass is 16.5. The van der Waals surface area contributed by atoms with Crippen molar-refractivity contribution in [2.75, 3.05) is 70.5 Å². The quantitative estimate of drug-likeness (QED) is 0.345. The first-order valence-corrected chi connectivity index (χ1v) is 13.6. The fourth-order valence-electron chi connectivity index (χ4n) is 5.70. The Morgan fingerprint density at radius 3 is 2.32 bits per heavy atom. The molecule has 5 rings (SSSR count). The first kappa shape index (κ1) is 27.9. The Labute approximate surface area is 240 Å². The number of piperidine rings is 1. The van der Waals surface area contributed by atoms with Crippen molar-refractivity contribution < 1.29 is 14.3 Å². The lowest BCUT2D eigenvalue weighted by atomic mass is 9.72. The standard InChI is InChI=1S/C31H37N7O3/c1-36(2)29(39)22-12-9-15-33-28(22)38-16-13-31(14-17-38,21-10-7-6-8-11-21)20-37(3)30-34-24-19-26(41-5)25(40-4)18-23(24)27(32)35-30/h6-12,15,18-19H,13-14,16-17,20H2,1-5H3,(H2,32,34,35). The van der Waals surface area contributed by atoms with E-state index in [1.807, 2.05) is 31.3 Å². The lowest BCUT2D eigenvalue weighted by Crippen LogP contribution is -2.49. The maximum Gasteiger partial charge on any atom is 0.257 e. The van der Waals surface area contributed by atoms with Gasteiger partial charge in [0.25, 0.3) is 5.91 Å². The first-order valence-electron chi connectivity index (χ1n) is 13.6. The summed E-state index contributed by atoms with van der Waals surface area (Å²) in [6.07, 6.45) is 3.48. The highest BCUT2D eigenvalue weighted by Crippen LogP contribution is 2.39. The maximum absolute atomic E-state index is 12.9. The zero-order valence-electron chi connectivity index (χ0n) is 24.3. The summed E-state index contributed by atoms with van der Waals surface area (Å²) in [6, 6.07) is 17.9. The van der Waals surface area contributed by atoms with Crippen LogP contribution in [0.1, 0.15) is 28.8 Å². The Morgan fingerprint density at radius 1 is 0.976 bits per heavy atom. The van der Waals surface area contributed by atoms with Crippen LogP contribution in [-0.2, 0) is 5.41 Å². The van der Waals surface area contributed by atoms with Gasteiger partial charge in [0.05, 0.1) is 25.3 Å². The van der Waals surface area contributed by atoms with Gasteiger partial charge in [0.2, 0.25) is 5.95 Å². The number of pyridine rings is 1. The summed E-state index contributed by atoms with van der Waals surface area (Å²) in [5.74, 6) is 2.78. The van der Waals surface area contributed by atoms with Crippen molar-refractivity contribution in [3.05, 3.63) is 71.9 Å². The number of carbonyl (C=O) groups excluding carboxylic acids is 1. The predicted octanol–water partition coefficient (Wildman–Crippen LogP) is 4.00. The third-order valence-corrected chi connectivity index (χ3v) is 7.93. The zero-order valence-corrected chi connectivity index (χ0v) is 24.3. The lowest BCUT2D eigenvalue weighted by molar-refractivity contribution is 0.0827. The molecule has 41 heavy (non-hydrogen) atoms. The van der Waals surface area contributed by atoms with Crippen molar-refractivity contribution >= 4 is 34.4 Å². The molecule has 10 nitrogen and oxygen atoms in total. The van der Waals surface area contributed by atoms with Crippen molar-refractivity contribution in [3.8, 4) is 11.5 Å². The monoisotopic (exact) mass is 555 g/mol. The second-order valence-corrected chi connectivity index (χ2v) is 10.7. The molecule has 0 aliphatic carbocycles. The molecule has 1 aliphatic rings. The number of nitrogens with two attached hydrogens (primary N) is 1. The van der Waals surface area contributed by atoms with Gasteiger partial charge >= 0.3 is 0 Å². The number of hydrogen-bond acceptors (Lipinski definition) is 9. The zero-order chi connectivity index (χ0) is 29.1. The molecule has 4 aromatic rings. The Kier molecular flexibility index (Phi) is 7.83. The summed E-state index contributed by atoms with van der Waals surface area (Å²) in [4.78, 5) is 32.9. The Balaban J connectivity index is 1.45. The molecular weight excluding hydrogens is 518 g/mol. The molecule has 0 bridgehead atoms. The Morgan fingerprint density at radius 2 is 1.66 bits per heavy atom. The summed E-state index contributed by atoms with van der Waals surface area (Å²) in [7, 11) is 8.72. The van der Waals surface area contributed by atoms with Gasteiger partial charge in [0.15, 0.2) is 11.5 Å². The number of rotatable bonds is 8. The van der Waals surface area contributed by atoms with E-state index in [4.69, 9.17) is 20.2 Å². The van der Waals surface area contributed by atoms with Crippen LogP contribution < -0.4 is 25.0 Å². The number of nitrogen functional groups attached to an aromatic ring is 1. The molecule has 2 aromatic heterocycles. The third kappa shape index (κ3) is 5.41. The van der Waals surface area contributed by atoms with Crippen LogP contribution in [-0.4, -0.2) is 80.8 Å². The minimum atomic E-state index is -0.169. The van der Waals surface area contributed by atoms with Crippen molar-refractivity contribution in [3.63, 3.8) is 0 Å². The molecule has 1 amide bonds. The van der Waals surface area contributed by atoms with Gasteiger partial charge in [-0.15, -0.1) is 0 Å². The Hall–Kier alpha value is -4.60. The number of amides is 1. The van der Waals surface area contributed by atoms with Crippen molar-refractivity contribution in [2.45, 2.75) is 18.3 Å². The smallest absolute Gasteiger partial charge is 0.257 e. The number of benzene rings is 2.